The van der Waals surface area contributed by atoms with Gasteiger partial charge in [0.15, 0.2) is 0 Å². The second-order valence-electron chi connectivity index (χ2n) is 9.47. The minimum absolute atomic E-state index is 0.00184. The number of carbonyl (C=O) groups excluding carboxylic acids is 1. The Labute approximate surface area is 196 Å². The molecule has 3 aromatic rings. The molecule has 178 valence electrons. The standard InChI is InChI=1S/C25H28F2N6O/c1-13(2)18-9-21(15-5-6-20(19(27)7-15)32-24(34)14-3-4-14)31-22-12-29-25(33-23(18)22)30-17-8-16(26)10-28-11-17/h5-7,9,12-14,16-17,28H,3-4,8,10-11H2,1-2H3,(H,32,34)(H,29,30,33)/t16-,17-/m0/s1. The summed E-state index contributed by atoms with van der Waals surface area (Å²) in [5.74, 6) is -0.0538. The van der Waals surface area contributed by atoms with E-state index >= 15 is 0 Å². The van der Waals surface area contributed by atoms with Gasteiger partial charge in [0.05, 0.1) is 23.1 Å². The van der Waals surface area contributed by atoms with Crippen molar-refractivity contribution in [1.82, 2.24) is 20.3 Å². The third kappa shape index (κ3) is 4.84. The lowest BCUT2D eigenvalue weighted by Gasteiger charge is -2.26. The summed E-state index contributed by atoms with van der Waals surface area (Å²) in [7, 11) is 0. The van der Waals surface area contributed by atoms with Crippen LogP contribution in [0.3, 0.4) is 0 Å². The zero-order valence-electron chi connectivity index (χ0n) is 19.2. The van der Waals surface area contributed by atoms with Gasteiger partial charge in [0.1, 0.15) is 17.5 Å². The molecule has 0 unspecified atom stereocenters. The van der Waals surface area contributed by atoms with Crippen molar-refractivity contribution in [2.75, 3.05) is 23.7 Å². The number of anilines is 2. The molecule has 2 aromatic heterocycles. The number of piperidine rings is 1. The average Bonchev–Trinajstić information content (AvgIpc) is 3.65. The highest BCUT2D eigenvalue weighted by molar-refractivity contribution is 5.94. The van der Waals surface area contributed by atoms with Gasteiger partial charge in [-0.05, 0) is 42.5 Å². The van der Waals surface area contributed by atoms with Crippen molar-refractivity contribution in [3.8, 4) is 11.3 Å². The number of pyridine rings is 1. The topological polar surface area (TPSA) is 91.8 Å². The average molecular weight is 467 g/mol. The Bertz CT molecular complexity index is 1230. The van der Waals surface area contributed by atoms with Crippen LogP contribution in [-0.4, -0.2) is 46.2 Å². The van der Waals surface area contributed by atoms with Crippen LogP contribution in [0.5, 0.6) is 0 Å². The van der Waals surface area contributed by atoms with Gasteiger partial charge >= 0.3 is 0 Å². The van der Waals surface area contributed by atoms with E-state index in [1.807, 2.05) is 6.07 Å². The van der Waals surface area contributed by atoms with E-state index in [-0.39, 0.29) is 29.5 Å². The number of nitrogens with zero attached hydrogens (tertiary/aromatic N) is 3. The molecule has 3 heterocycles. The molecule has 2 atom stereocenters. The number of hydrogen-bond acceptors (Lipinski definition) is 6. The summed E-state index contributed by atoms with van der Waals surface area (Å²) < 4.78 is 28.5. The third-order valence-electron chi connectivity index (χ3n) is 6.30. The maximum absolute atomic E-state index is 14.7. The molecule has 1 saturated heterocycles. The molecule has 1 aliphatic carbocycles. The maximum Gasteiger partial charge on any atom is 0.227 e. The highest BCUT2D eigenvalue weighted by Crippen LogP contribution is 2.33. The van der Waals surface area contributed by atoms with E-state index in [1.54, 1.807) is 18.3 Å². The Kier molecular flexibility index (Phi) is 6.12. The van der Waals surface area contributed by atoms with Gasteiger partial charge in [-0.2, -0.15) is 0 Å². The smallest absolute Gasteiger partial charge is 0.227 e. The first-order valence-corrected chi connectivity index (χ1v) is 11.8. The number of aromatic nitrogens is 3. The molecule has 1 aromatic carbocycles. The van der Waals surface area contributed by atoms with Gasteiger partial charge in [-0.3, -0.25) is 4.79 Å². The number of carbonyl (C=O) groups is 1. The highest BCUT2D eigenvalue weighted by atomic mass is 19.1. The van der Waals surface area contributed by atoms with E-state index in [2.05, 4.69) is 44.7 Å². The van der Waals surface area contributed by atoms with Crippen molar-refractivity contribution < 1.29 is 13.6 Å². The lowest BCUT2D eigenvalue weighted by atomic mass is 9.99. The number of benzene rings is 1. The molecule has 2 fully saturated rings. The molecule has 7 nitrogen and oxygen atoms in total. The minimum atomic E-state index is -0.893. The summed E-state index contributed by atoms with van der Waals surface area (Å²) in [6, 6.07) is 6.55. The van der Waals surface area contributed by atoms with Crippen LogP contribution in [0.1, 0.15) is 44.6 Å². The first-order chi connectivity index (χ1) is 16.4. The van der Waals surface area contributed by atoms with Crippen molar-refractivity contribution in [1.29, 1.82) is 0 Å². The van der Waals surface area contributed by atoms with Gasteiger partial charge in [0.2, 0.25) is 11.9 Å². The fourth-order valence-corrected chi connectivity index (χ4v) is 4.24. The Balaban J connectivity index is 1.44. The van der Waals surface area contributed by atoms with E-state index in [9.17, 15) is 13.6 Å². The maximum atomic E-state index is 14.7. The van der Waals surface area contributed by atoms with Crippen LogP contribution >= 0.6 is 0 Å². The number of amides is 1. The first-order valence-electron chi connectivity index (χ1n) is 11.8. The number of halogens is 2. The largest absolute Gasteiger partial charge is 0.350 e. The minimum Gasteiger partial charge on any atom is -0.350 e. The van der Waals surface area contributed by atoms with E-state index in [1.165, 1.54) is 6.07 Å². The number of hydrogen-bond donors (Lipinski definition) is 3. The molecule has 34 heavy (non-hydrogen) atoms. The molecular formula is C25H28F2N6O. The van der Waals surface area contributed by atoms with Gasteiger partial charge in [0, 0.05) is 37.0 Å². The lowest BCUT2D eigenvalue weighted by molar-refractivity contribution is -0.117. The van der Waals surface area contributed by atoms with Crippen LogP contribution in [0, 0.1) is 11.7 Å². The van der Waals surface area contributed by atoms with E-state index < -0.39 is 12.0 Å². The molecule has 5 rings (SSSR count). The number of rotatable bonds is 6. The summed E-state index contributed by atoms with van der Waals surface area (Å²) in [5, 5.41) is 8.95. The van der Waals surface area contributed by atoms with Crippen molar-refractivity contribution in [2.24, 2.45) is 5.92 Å². The Morgan fingerprint density at radius 2 is 2.00 bits per heavy atom. The number of fused-ring (bicyclic) bond motifs is 1. The summed E-state index contributed by atoms with van der Waals surface area (Å²) in [5.41, 5.74) is 3.67. The van der Waals surface area contributed by atoms with Gasteiger partial charge in [0.25, 0.3) is 0 Å². The van der Waals surface area contributed by atoms with Gasteiger partial charge in [-0.15, -0.1) is 0 Å². The third-order valence-corrected chi connectivity index (χ3v) is 6.30. The van der Waals surface area contributed by atoms with Crippen LogP contribution in [0.15, 0.2) is 30.5 Å². The fourth-order valence-electron chi connectivity index (χ4n) is 4.24. The molecule has 1 saturated carbocycles. The summed E-state index contributed by atoms with van der Waals surface area (Å²) in [6.07, 6.45) is 2.88. The second kappa shape index (κ2) is 9.21. The van der Waals surface area contributed by atoms with Crippen molar-refractivity contribution in [3.63, 3.8) is 0 Å². The zero-order chi connectivity index (χ0) is 23.8. The molecule has 0 bridgehead atoms. The summed E-state index contributed by atoms with van der Waals surface area (Å²) in [4.78, 5) is 25.7. The van der Waals surface area contributed by atoms with Crippen molar-refractivity contribution in [2.45, 2.75) is 51.2 Å². The summed E-state index contributed by atoms with van der Waals surface area (Å²) in [6.45, 7) is 5.14. The van der Waals surface area contributed by atoms with Crippen LogP contribution in [-0.2, 0) is 4.79 Å². The van der Waals surface area contributed by atoms with E-state index in [4.69, 9.17) is 0 Å². The molecule has 9 heteroatoms. The van der Waals surface area contributed by atoms with Crippen molar-refractivity contribution >= 4 is 28.6 Å². The van der Waals surface area contributed by atoms with Crippen LogP contribution in [0.2, 0.25) is 0 Å². The van der Waals surface area contributed by atoms with E-state index in [0.29, 0.717) is 47.7 Å². The molecule has 1 amide bonds. The zero-order valence-corrected chi connectivity index (χ0v) is 19.2. The van der Waals surface area contributed by atoms with Crippen molar-refractivity contribution in [3.05, 3.63) is 41.8 Å². The molecular weight excluding hydrogens is 438 g/mol. The number of nitrogens with one attached hydrogen (secondary N) is 3. The number of alkyl halides is 1. The van der Waals surface area contributed by atoms with E-state index in [0.717, 1.165) is 18.4 Å². The Morgan fingerprint density at radius 3 is 2.71 bits per heavy atom. The highest BCUT2D eigenvalue weighted by Gasteiger charge is 2.30. The normalized spacial score (nSPS) is 20.5. The predicted octanol–water partition coefficient (Wildman–Crippen LogP) is 4.41. The lowest BCUT2D eigenvalue weighted by Crippen LogP contribution is -2.44. The Hall–Kier alpha value is -3.20. The second-order valence-corrected chi connectivity index (χ2v) is 9.47. The van der Waals surface area contributed by atoms with Gasteiger partial charge in [-0.1, -0.05) is 19.9 Å². The molecule has 0 spiro atoms. The predicted molar refractivity (Wildman–Crippen MR) is 128 cm³/mol. The van der Waals surface area contributed by atoms with Crippen LogP contribution < -0.4 is 16.0 Å². The monoisotopic (exact) mass is 466 g/mol. The summed E-state index contributed by atoms with van der Waals surface area (Å²) >= 11 is 0. The fraction of sp³-hybridized carbons (Fsp3) is 0.440. The molecule has 3 N–H and O–H groups in total. The van der Waals surface area contributed by atoms with Gasteiger partial charge < -0.3 is 16.0 Å². The molecule has 2 aliphatic rings. The molecule has 1 aliphatic heterocycles. The Morgan fingerprint density at radius 1 is 1.18 bits per heavy atom. The van der Waals surface area contributed by atoms with Gasteiger partial charge in [-0.25, -0.2) is 23.7 Å². The van der Waals surface area contributed by atoms with Crippen LogP contribution in [0.25, 0.3) is 22.3 Å². The molecule has 0 radical (unpaired) electrons. The SMILES string of the molecule is CC(C)c1cc(-c2ccc(NC(=O)C3CC3)c(F)c2)nc2cnc(N[C@@H]3CNC[C@@H](F)C3)nc12. The van der Waals surface area contributed by atoms with Crippen LogP contribution in [0.4, 0.5) is 20.4 Å². The first kappa shape index (κ1) is 22.6. The quantitative estimate of drug-likeness (QED) is 0.498.